The summed E-state index contributed by atoms with van der Waals surface area (Å²) in [7, 11) is 0. The number of halogens is 1. The molecule has 1 aliphatic heterocycles. The van der Waals surface area contributed by atoms with Gasteiger partial charge < -0.3 is 5.32 Å². The molecule has 1 fully saturated rings. The molecule has 0 aromatic carbocycles. The third kappa shape index (κ3) is 2.01. The molecule has 0 aromatic rings. The molecule has 1 aliphatic rings. The predicted molar refractivity (Wildman–Crippen MR) is 50.0 cm³/mol. The molecule has 68 valence electrons. The zero-order valence-electron chi connectivity index (χ0n) is 7.32. The van der Waals surface area contributed by atoms with Gasteiger partial charge in [-0.3, -0.25) is 4.79 Å². The Balaban J connectivity index is 2.66. The van der Waals surface area contributed by atoms with Gasteiger partial charge in [-0.1, -0.05) is 25.1 Å². The number of amides is 1. The molecule has 1 rings (SSSR count). The van der Waals surface area contributed by atoms with Crippen molar-refractivity contribution in [2.75, 3.05) is 6.54 Å². The van der Waals surface area contributed by atoms with Gasteiger partial charge >= 0.3 is 0 Å². The van der Waals surface area contributed by atoms with E-state index in [1.807, 2.05) is 6.92 Å². The molecule has 3 heteroatoms. The van der Waals surface area contributed by atoms with Crippen LogP contribution >= 0.6 is 11.6 Å². The first-order valence-corrected chi connectivity index (χ1v) is 4.54. The van der Waals surface area contributed by atoms with Gasteiger partial charge in [0.2, 0.25) is 5.91 Å². The number of piperidine rings is 1. The largest absolute Gasteiger partial charge is 0.356 e. The Morgan fingerprint density at radius 3 is 3.00 bits per heavy atom. The van der Waals surface area contributed by atoms with E-state index < -0.39 is 0 Å². The molecule has 1 amide bonds. The summed E-state index contributed by atoms with van der Waals surface area (Å²) in [5.74, 6) is 0.107. The van der Waals surface area contributed by atoms with Gasteiger partial charge in [0.25, 0.3) is 0 Å². The maximum absolute atomic E-state index is 11.4. The Hall–Kier alpha value is -0.500. The van der Waals surface area contributed by atoms with Crippen LogP contribution in [0.1, 0.15) is 26.2 Å². The first-order chi connectivity index (χ1) is 5.54. The van der Waals surface area contributed by atoms with Crippen LogP contribution in [0.15, 0.2) is 11.6 Å². The third-order valence-electron chi connectivity index (χ3n) is 2.32. The van der Waals surface area contributed by atoms with Crippen LogP contribution in [-0.2, 0) is 4.79 Å². The standard InChI is InChI=1S/C9H14ClNO/c1-7(10)6-9(2)4-3-5-11-8(9)12/h1,3-6H2,2H3,(H,11,12). The SMILES string of the molecule is C=C(Cl)CC1(C)CCCNC1=O. The molecule has 12 heavy (non-hydrogen) atoms. The molecular formula is C9H14ClNO. The van der Waals surface area contributed by atoms with Crippen molar-refractivity contribution in [2.45, 2.75) is 26.2 Å². The van der Waals surface area contributed by atoms with Crippen LogP contribution in [0.3, 0.4) is 0 Å². The summed E-state index contributed by atoms with van der Waals surface area (Å²) >= 11 is 5.69. The summed E-state index contributed by atoms with van der Waals surface area (Å²) in [5, 5.41) is 3.40. The summed E-state index contributed by atoms with van der Waals surface area (Å²) in [5.41, 5.74) is -0.322. The summed E-state index contributed by atoms with van der Waals surface area (Å²) in [6.07, 6.45) is 2.53. The van der Waals surface area contributed by atoms with Crippen molar-refractivity contribution in [2.24, 2.45) is 5.41 Å². The van der Waals surface area contributed by atoms with Crippen molar-refractivity contribution in [3.05, 3.63) is 11.6 Å². The van der Waals surface area contributed by atoms with E-state index in [0.29, 0.717) is 11.5 Å². The monoisotopic (exact) mass is 187 g/mol. The minimum absolute atomic E-state index is 0.107. The predicted octanol–water partition coefficient (Wildman–Crippen LogP) is 2.05. The zero-order chi connectivity index (χ0) is 9.19. The van der Waals surface area contributed by atoms with Crippen molar-refractivity contribution in [3.63, 3.8) is 0 Å². The Labute approximate surface area is 78.0 Å². The van der Waals surface area contributed by atoms with Crippen LogP contribution in [0.4, 0.5) is 0 Å². The van der Waals surface area contributed by atoms with Crippen LogP contribution in [0.2, 0.25) is 0 Å². The quantitative estimate of drug-likeness (QED) is 0.705. The molecular weight excluding hydrogens is 174 g/mol. The van der Waals surface area contributed by atoms with Crippen molar-refractivity contribution < 1.29 is 4.79 Å². The normalized spacial score (nSPS) is 29.7. The average molecular weight is 188 g/mol. The highest BCUT2D eigenvalue weighted by atomic mass is 35.5. The number of hydrogen-bond donors (Lipinski definition) is 1. The number of carbonyl (C=O) groups is 1. The van der Waals surface area contributed by atoms with Crippen LogP contribution in [-0.4, -0.2) is 12.5 Å². The van der Waals surface area contributed by atoms with Gasteiger partial charge in [-0.05, 0) is 19.3 Å². The second-order valence-corrected chi connectivity index (χ2v) is 4.15. The molecule has 0 spiro atoms. The number of nitrogens with one attached hydrogen (secondary N) is 1. The van der Waals surface area contributed by atoms with Crippen LogP contribution in [0, 0.1) is 5.41 Å². The van der Waals surface area contributed by atoms with E-state index in [1.165, 1.54) is 0 Å². The lowest BCUT2D eigenvalue weighted by molar-refractivity contribution is -0.132. The average Bonchev–Trinajstić information content (AvgIpc) is 1.94. The van der Waals surface area contributed by atoms with Crippen molar-refractivity contribution in [1.82, 2.24) is 5.32 Å². The molecule has 1 atom stereocenters. The summed E-state index contributed by atoms with van der Waals surface area (Å²) in [4.78, 5) is 11.4. The van der Waals surface area contributed by atoms with Crippen LogP contribution in [0.25, 0.3) is 0 Å². The Bertz CT molecular complexity index is 215. The first kappa shape index (κ1) is 9.59. The van der Waals surface area contributed by atoms with Crippen LogP contribution < -0.4 is 5.32 Å². The Kier molecular flexibility index (Phi) is 2.78. The summed E-state index contributed by atoms with van der Waals surface area (Å²) in [6.45, 7) is 6.35. The highest BCUT2D eigenvalue weighted by Gasteiger charge is 2.35. The maximum atomic E-state index is 11.4. The molecule has 0 saturated carbocycles. The van der Waals surface area contributed by atoms with E-state index in [4.69, 9.17) is 11.6 Å². The van der Waals surface area contributed by atoms with Gasteiger partial charge in [-0.2, -0.15) is 0 Å². The Morgan fingerprint density at radius 2 is 2.50 bits per heavy atom. The molecule has 0 radical (unpaired) electrons. The van der Waals surface area contributed by atoms with E-state index in [-0.39, 0.29) is 11.3 Å². The minimum Gasteiger partial charge on any atom is -0.356 e. The van der Waals surface area contributed by atoms with Gasteiger partial charge in [0.15, 0.2) is 0 Å². The van der Waals surface area contributed by atoms with Crippen molar-refractivity contribution in [1.29, 1.82) is 0 Å². The van der Waals surface area contributed by atoms with Crippen molar-refractivity contribution >= 4 is 17.5 Å². The fourth-order valence-corrected chi connectivity index (χ4v) is 1.89. The van der Waals surface area contributed by atoms with E-state index in [2.05, 4.69) is 11.9 Å². The molecule has 1 heterocycles. The van der Waals surface area contributed by atoms with Crippen LogP contribution in [0.5, 0.6) is 0 Å². The van der Waals surface area contributed by atoms with Gasteiger partial charge in [0.1, 0.15) is 0 Å². The number of rotatable bonds is 2. The minimum atomic E-state index is -0.322. The lowest BCUT2D eigenvalue weighted by atomic mass is 9.79. The van der Waals surface area contributed by atoms with Gasteiger partial charge in [-0.25, -0.2) is 0 Å². The topological polar surface area (TPSA) is 29.1 Å². The highest BCUT2D eigenvalue weighted by molar-refractivity contribution is 6.29. The molecule has 1 unspecified atom stereocenters. The number of hydrogen-bond acceptors (Lipinski definition) is 1. The van der Waals surface area contributed by atoms with E-state index in [0.717, 1.165) is 19.4 Å². The van der Waals surface area contributed by atoms with Gasteiger partial charge in [0.05, 0.1) is 5.41 Å². The van der Waals surface area contributed by atoms with Crippen molar-refractivity contribution in [3.8, 4) is 0 Å². The summed E-state index contributed by atoms with van der Waals surface area (Å²) in [6, 6.07) is 0. The first-order valence-electron chi connectivity index (χ1n) is 4.16. The zero-order valence-corrected chi connectivity index (χ0v) is 8.08. The smallest absolute Gasteiger partial charge is 0.226 e. The second-order valence-electron chi connectivity index (χ2n) is 3.61. The van der Waals surface area contributed by atoms with E-state index in [9.17, 15) is 4.79 Å². The molecule has 0 bridgehead atoms. The summed E-state index contributed by atoms with van der Waals surface area (Å²) < 4.78 is 0. The van der Waals surface area contributed by atoms with E-state index in [1.54, 1.807) is 0 Å². The number of allylic oxidation sites excluding steroid dienone is 1. The number of carbonyl (C=O) groups excluding carboxylic acids is 1. The highest BCUT2D eigenvalue weighted by Crippen LogP contribution is 2.34. The fourth-order valence-electron chi connectivity index (χ4n) is 1.60. The second kappa shape index (κ2) is 3.48. The molecule has 0 aliphatic carbocycles. The molecule has 2 nitrogen and oxygen atoms in total. The fraction of sp³-hybridized carbons (Fsp3) is 0.667. The molecule has 1 N–H and O–H groups in total. The maximum Gasteiger partial charge on any atom is 0.226 e. The third-order valence-corrected chi connectivity index (χ3v) is 2.45. The molecule has 0 aromatic heterocycles. The Morgan fingerprint density at radius 1 is 1.83 bits per heavy atom. The lowest BCUT2D eigenvalue weighted by Gasteiger charge is -2.32. The lowest BCUT2D eigenvalue weighted by Crippen LogP contribution is -2.44. The van der Waals surface area contributed by atoms with Gasteiger partial charge in [-0.15, -0.1) is 0 Å². The molecule has 1 saturated heterocycles. The van der Waals surface area contributed by atoms with E-state index >= 15 is 0 Å². The van der Waals surface area contributed by atoms with Gasteiger partial charge in [0, 0.05) is 11.6 Å².